The van der Waals surface area contributed by atoms with Crippen molar-refractivity contribution in [1.82, 2.24) is 0 Å². The fourth-order valence-electron chi connectivity index (χ4n) is 1.50. The molecule has 1 unspecified atom stereocenters. The molecule has 0 bridgehead atoms. The van der Waals surface area contributed by atoms with Crippen molar-refractivity contribution >= 4 is 21.4 Å². The van der Waals surface area contributed by atoms with Crippen LogP contribution < -0.4 is 0 Å². The van der Waals surface area contributed by atoms with Crippen molar-refractivity contribution in [3.05, 3.63) is 35.0 Å². The minimum Gasteiger partial charge on any atom is -0.385 e. The first-order valence-corrected chi connectivity index (χ1v) is 5.97. The number of thiophene rings is 1. The summed E-state index contributed by atoms with van der Waals surface area (Å²) in [4.78, 5) is 0.814. The Labute approximate surface area is 97.3 Å². The second-order valence-corrected chi connectivity index (χ2v) is 4.62. The van der Waals surface area contributed by atoms with Crippen molar-refractivity contribution in [3.63, 3.8) is 0 Å². The van der Waals surface area contributed by atoms with E-state index in [0.717, 1.165) is 15.0 Å². The fraction of sp³-hybridized carbons (Fsp3) is 0.333. The van der Waals surface area contributed by atoms with E-state index >= 15 is 0 Å². The van der Waals surface area contributed by atoms with Crippen LogP contribution in [-0.2, 0) is 4.74 Å². The Morgan fingerprint density at radius 1 is 1.44 bits per heavy atom. The molecule has 16 heavy (non-hydrogen) atoms. The number of ether oxygens (including phenoxy) is 1. The number of aliphatic hydroxyl groups is 1. The summed E-state index contributed by atoms with van der Waals surface area (Å²) in [6.07, 6.45) is -0.625. The molecular formula is C12H13FO2S. The topological polar surface area (TPSA) is 29.5 Å². The van der Waals surface area contributed by atoms with Gasteiger partial charge in [-0.2, -0.15) is 0 Å². The van der Waals surface area contributed by atoms with Crippen LogP contribution in [0, 0.1) is 5.82 Å². The summed E-state index contributed by atoms with van der Waals surface area (Å²) in [5.41, 5.74) is 0. The molecule has 1 N–H and O–H groups in total. The summed E-state index contributed by atoms with van der Waals surface area (Å²) in [6, 6.07) is 6.51. The molecule has 0 fully saturated rings. The normalized spacial score (nSPS) is 13.2. The second kappa shape index (κ2) is 4.91. The van der Waals surface area contributed by atoms with Gasteiger partial charge in [-0.1, -0.05) is 6.07 Å². The first-order chi connectivity index (χ1) is 7.70. The van der Waals surface area contributed by atoms with Gasteiger partial charge < -0.3 is 9.84 Å². The quantitative estimate of drug-likeness (QED) is 0.889. The summed E-state index contributed by atoms with van der Waals surface area (Å²) in [6.45, 7) is 2.75. The van der Waals surface area contributed by atoms with E-state index in [2.05, 4.69) is 0 Å². The number of hydrogen-bond donors (Lipinski definition) is 1. The summed E-state index contributed by atoms with van der Waals surface area (Å²) >= 11 is 1.40. The van der Waals surface area contributed by atoms with Crippen molar-refractivity contribution in [2.75, 3.05) is 13.2 Å². The molecule has 86 valence electrons. The Morgan fingerprint density at radius 3 is 3.00 bits per heavy atom. The first-order valence-electron chi connectivity index (χ1n) is 5.15. The van der Waals surface area contributed by atoms with Crippen LogP contribution in [-0.4, -0.2) is 18.3 Å². The lowest BCUT2D eigenvalue weighted by molar-refractivity contribution is 0.0439. The monoisotopic (exact) mass is 240 g/mol. The molecule has 0 aliphatic rings. The zero-order chi connectivity index (χ0) is 11.5. The van der Waals surface area contributed by atoms with E-state index in [9.17, 15) is 9.50 Å². The maximum Gasteiger partial charge on any atom is 0.124 e. The molecule has 1 aromatic heterocycles. The van der Waals surface area contributed by atoms with Gasteiger partial charge in [-0.05, 0) is 30.5 Å². The largest absolute Gasteiger partial charge is 0.385 e. The van der Waals surface area contributed by atoms with Crippen LogP contribution in [0.3, 0.4) is 0 Å². The lowest BCUT2D eigenvalue weighted by atomic mass is 10.2. The number of benzene rings is 1. The fourth-order valence-corrected chi connectivity index (χ4v) is 2.56. The lowest BCUT2D eigenvalue weighted by Crippen LogP contribution is -2.04. The number of aliphatic hydroxyl groups excluding tert-OH is 1. The maximum atomic E-state index is 13.0. The van der Waals surface area contributed by atoms with Gasteiger partial charge in [-0.15, -0.1) is 11.3 Å². The third kappa shape index (κ3) is 2.40. The van der Waals surface area contributed by atoms with Crippen LogP contribution in [0.15, 0.2) is 24.3 Å². The molecule has 0 aliphatic carbocycles. The van der Waals surface area contributed by atoms with E-state index in [0.29, 0.717) is 6.61 Å². The smallest absolute Gasteiger partial charge is 0.124 e. The Bertz CT molecular complexity index is 481. The molecule has 2 nitrogen and oxygen atoms in total. The van der Waals surface area contributed by atoms with Crippen molar-refractivity contribution in [2.24, 2.45) is 0 Å². The van der Waals surface area contributed by atoms with Crippen LogP contribution in [0.1, 0.15) is 17.9 Å². The molecule has 2 rings (SSSR count). The minimum absolute atomic E-state index is 0.250. The molecule has 4 heteroatoms. The Morgan fingerprint density at radius 2 is 2.25 bits per heavy atom. The lowest BCUT2D eigenvalue weighted by Gasteiger charge is -2.07. The molecule has 0 radical (unpaired) electrons. The van der Waals surface area contributed by atoms with Crippen LogP contribution >= 0.6 is 11.3 Å². The highest BCUT2D eigenvalue weighted by Gasteiger charge is 2.11. The Hall–Kier alpha value is -0.970. The minimum atomic E-state index is -0.625. The van der Waals surface area contributed by atoms with Crippen LogP contribution in [0.2, 0.25) is 0 Å². The molecule has 1 aromatic carbocycles. The average Bonchev–Trinajstić information content (AvgIpc) is 2.68. The van der Waals surface area contributed by atoms with Gasteiger partial charge in [0.2, 0.25) is 0 Å². The third-order valence-electron chi connectivity index (χ3n) is 2.31. The van der Waals surface area contributed by atoms with Gasteiger partial charge in [0.15, 0.2) is 0 Å². The van der Waals surface area contributed by atoms with Crippen LogP contribution in [0.25, 0.3) is 10.1 Å². The van der Waals surface area contributed by atoms with E-state index in [1.54, 1.807) is 6.07 Å². The molecule has 0 aliphatic heterocycles. The molecule has 0 saturated carbocycles. The average molecular weight is 240 g/mol. The van der Waals surface area contributed by atoms with Gasteiger partial charge in [0.25, 0.3) is 0 Å². The van der Waals surface area contributed by atoms with E-state index < -0.39 is 6.10 Å². The third-order valence-corrected chi connectivity index (χ3v) is 3.51. The number of rotatable bonds is 4. The van der Waals surface area contributed by atoms with E-state index in [4.69, 9.17) is 4.74 Å². The van der Waals surface area contributed by atoms with Gasteiger partial charge in [-0.25, -0.2) is 4.39 Å². The summed E-state index contributed by atoms with van der Waals surface area (Å²) in [7, 11) is 0. The van der Waals surface area contributed by atoms with Gasteiger partial charge in [0, 0.05) is 16.2 Å². The van der Waals surface area contributed by atoms with Crippen molar-refractivity contribution in [2.45, 2.75) is 13.0 Å². The molecule has 0 saturated heterocycles. The van der Waals surface area contributed by atoms with Crippen LogP contribution in [0.5, 0.6) is 0 Å². The van der Waals surface area contributed by atoms with Gasteiger partial charge in [0.05, 0.1) is 6.61 Å². The van der Waals surface area contributed by atoms with Gasteiger partial charge in [-0.3, -0.25) is 0 Å². The summed E-state index contributed by atoms with van der Waals surface area (Å²) < 4.78 is 19.0. The first kappa shape index (κ1) is 11.5. The van der Waals surface area contributed by atoms with Crippen molar-refractivity contribution in [1.29, 1.82) is 0 Å². The standard InChI is InChI=1S/C12H13FO2S/c1-2-15-7-10(14)12-5-8-3-4-9(13)6-11(8)16-12/h3-6,10,14H,2,7H2,1H3. The van der Waals surface area contributed by atoms with E-state index in [1.165, 1.54) is 23.5 Å². The second-order valence-electron chi connectivity index (χ2n) is 3.51. The molecule has 0 amide bonds. The molecule has 1 heterocycles. The number of fused-ring (bicyclic) bond motifs is 1. The summed E-state index contributed by atoms with van der Waals surface area (Å²) in [5.74, 6) is -0.250. The van der Waals surface area contributed by atoms with Gasteiger partial charge in [0.1, 0.15) is 11.9 Å². The van der Waals surface area contributed by atoms with Crippen molar-refractivity contribution in [3.8, 4) is 0 Å². The zero-order valence-corrected chi connectivity index (χ0v) is 9.76. The highest BCUT2D eigenvalue weighted by atomic mass is 32.1. The maximum absolute atomic E-state index is 13.0. The Balaban J connectivity index is 2.25. The van der Waals surface area contributed by atoms with E-state index in [1.807, 2.05) is 13.0 Å². The number of halogens is 1. The predicted molar refractivity (Wildman–Crippen MR) is 63.2 cm³/mol. The van der Waals surface area contributed by atoms with Crippen molar-refractivity contribution < 1.29 is 14.2 Å². The SMILES string of the molecule is CCOCC(O)c1cc2ccc(F)cc2s1. The molecule has 1 atom stereocenters. The zero-order valence-electron chi connectivity index (χ0n) is 8.94. The summed E-state index contributed by atoms with van der Waals surface area (Å²) in [5, 5.41) is 10.8. The Kier molecular flexibility index (Phi) is 3.53. The molecule has 2 aromatic rings. The van der Waals surface area contributed by atoms with Crippen LogP contribution in [0.4, 0.5) is 4.39 Å². The highest BCUT2D eigenvalue weighted by molar-refractivity contribution is 7.19. The van der Waals surface area contributed by atoms with E-state index in [-0.39, 0.29) is 12.4 Å². The molecule has 0 spiro atoms. The molecular weight excluding hydrogens is 227 g/mol. The number of hydrogen-bond acceptors (Lipinski definition) is 3. The predicted octanol–water partition coefficient (Wildman–Crippen LogP) is 3.11. The van der Waals surface area contributed by atoms with Gasteiger partial charge >= 0.3 is 0 Å². The highest BCUT2D eigenvalue weighted by Crippen LogP contribution is 2.30.